The molecular weight excluding hydrogens is 204 g/mol. The molecule has 1 aliphatic carbocycles. The van der Waals surface area contributed by atoms with Crippen LogP contribution in [0.2, 0.25) is 0 Å². The number of ether oxygens (including phenoxy) is 3. The first-order chi connectivity index (χ1) is 7.83. The molecule has 4 unspecified atom stereocenters. The quantitative estimate of drug-likeness (QED) is 0.696. The lowest BCUT2D eigenvalue weighted by molar-refractivity contribution is 0.128. The van der Waals surface area contributed by atoms with Crippen molar-refractivity contribution >= 4 is 0 Å². The zero-order valence-corrected chi connectivity index (χ0v) is 10.5. The Morgan fingerprint density at radius 2 is 2.06 bits per heavy atom. The van der Waals surface area contributed by atoms with E-state index < -0.39 is 0 Å². The molecule has 2 aliphatic heterocycles. The summed E-state index contributed by atoms with van der Waals surface area (Å²) in [6.07, 6.45) is 7.26. The van der Waals surface area contributed by atoms with Crippen LogP contribution in [0.15, 0.2) is 0 Å². The van der Waals surface area contributed by atoms with Crippen LogP contribution in [0.4, 0.5) is 0 Å². The monoisotopic (exact) mass is 230 g/mol. The van der Waals surface area contributed by atoms with Crippen molar-refractivity contribution in [2.75, 3.05) is 19.8 Å². The van der Waals surface area contributed by atoms with Gasteiger partial charge in [0.2, 0.25) is 0 Å². The maximum atomic E-state index is 5.41. The summed E-state index contributed by atoms with van der Waals surface area (Å²) >= 11 is 0. The van der Waals surface area contributed by atoms with E-state index in [1.165, 1.54) is 25.7 Å². The fraction of sp³-hybridized carbons (Fsp3) is 1.00. The van der Waals surface area contributed by atoms with Gasteiger partial charge < -0.3 is 14.2 Å². The Hall–Kier alpha value is -0.120. The summed E-state index contributed by atoms with van der Waals surface area (Å²) in [6, 6.07) is 0. The molecule has 1 saturated carbocycles. The zero-order chi connectivity index (χ0) is 11.4. The summed E-state index contributed by atoms with van der Waals surface area (Å²) in [6.45, 7) is 6.77. The van der Waals surface area contributed by atoms with Gasteiger partial charge in [-0.3, -0.25) is 0 Å². The third-order valence-electron chi connectivity index (χ3n) is 3.60. The summed E-state index contributed by atoms with van der Waals surface area (Å²) < 4.78 is 15.3. The number of hydrogen-bond acceptors (Lipinski definition) is 3. The molecule has 0 amide bonds. The minimum atomic E-state index is 0. The highest BCUT2D eigenvalue weighted by Crippen LogP contribution is 2.40. The minimum absolute atomic E-state index is 0. The first kappa shape index (κ1) is 12.3. The molecule has 0 aromatic heterocycles. The van der Waals surface area contributed by atoms with Crippen LogP contribution in [-0.2, 0) is 14.2 Å². The van der Waals surface area contributed by atoms with Crippen LogP contribution in [0.25, 0.3) is 0 Å². The van der Waals surface area contributed by atoms with E-state index in [-0.39, 0.29) is 1.43 Å². The molecule has 3 nitrogen and oxygen atoms in total. The molecule has 16 heavy (non-hydrogen) atoms. The van der Waals surface area contributed by atoms with Crippen LogP contribution >= 0.6 is 0 Å². The molecular formula is C13H26O3. The summed E-state index contributed by atoms with van der Waals surface area (Å²) in [5.41, 5.74) is 0. The molecule has 0 aromatic rings. The Kier molecular flexibility index (Phi) is 4.62. The Labute approximate surface area is 99.9 Å². The van der Waals surface area contributed by atoms with Crippen molar-refractivity contribution in [1.82, 2.24) is 0 Å². The van der Waals surface area contributed by atoms with Crippen molar-refractivity contribution in [1.29, 1.82) is 0 Å². The fourth-order valence-electron chi connectivity index (χ4n) is 2.27. The first-order valence-electron chi connectivity index (χ1n) is 6.68. The topological polar surface area (TPSA) is 34.3 Å². The van der Waals surface area contributed by atoms with Crippen molar-refractivity contribution in [2.45, 2.75) is 57.8 Å². The molecule has 3 rings (SSSR count). The number of fused-ring (bicyclic) bond motifs is 1. The van der Waals surface area contributed by atoms with E-state index in [0.29, 0.717) is 18.3 Å². The SMILES string of the molecule is CCC1CCC2OC2C1.CCOCC1CO1.[HH]. The van der Waals surface area contributed by atoms with Gasteiger partial charge in [0.05, 0.1) is 25.4 Å². The zero-order valence-electron chi connectivity index (χ0n) is 10.5. The second-order valence-corrected chi connectivity index (χ2v) is 4.92. The van der Waals surface area contributed by atoms with E-state index in [1.807, 2.05) is 6.92 Å². The third kappa shape index (κ3) is 4.04. The highest BCUT2D eigenvalue weighted by atomic mass is 16.6. The smallest absolute Gasteiger partial charge is 0.104 e. The third-order valence-corrected chi connectivity index (χ3v) is 3.60. The van der Waals surface area contributed by atoms with Crippen molar-refractivity contribution in [3.63, 3.8) is 0 Å². The highest BCUT2D eigenvalue weighted by molar-refractivity contribution is 4.91. The van der Waals surface area contributed by atoms with E-state index in [4.69, 9.17) is 14.2 Å². The maximum absolute atomic E-state index is 5.41. The van der Waals surface area contributed by atoms with E-state index in [2.05, 4.69) is 6.92 Å². The van der Waals surface area contributed by atoms with Crippen molar-refractivity contribution in [2.24, 2.45) is 5.92 Å². The number of rotatable bonds is 4. The lowest BCUT2D eigenvalue weighted by Crippen LogP contribution is -2.11. The fourth-order valence-corrected chi connectivity index (χ4v) is 2.27. The lowest BCUT2D eigenvalue weighted by Gasteiger charge is -2.15. The Balaban J connectivity index is 0.000000166. The van der Waals surface area contributed by atoms with Gasteiger partial charge in [0, 0.05) is 8.03 Å². The second-order valence-electron chi connectivity index (χ2n) is 4.92. The van der Waals surface area contributed by atoms with Crippen LogP contribution in [0.1, 0.15) is 41.0 Å². The molecule has 3 heteroatoms. The molecule has 2 heterocycles. The van der Waals surface area contributed by atoms with Gasteiger partial charge in [-0.15, -0.1) is 0 Å². The van der Waals surface area contributed by atoms with Crippen molar-refractivity contribution in [3.8, 4) is 0 Å². The van der Waals surface area contributed by atoms with Gasteiger partial charge in [-0.1, -0.05) is 13.3 Å². The largest absolute Gasteiger partial charge is 0.379 e. The Bertz CT molecular complexity index is 209. The molecule has 3 fully saturated rings. The minimum Gasteiger partial charge on any atom is -0.379 e. The van der Waals surface area contributed by atoms with Crippen LogP contribution in [-0.4, -0.2) is 38.1 Å². The van der Waals surface area contributed by atoms with Crippen LogP contribution < -0.4 is 0 Å². The standard InChI is InChI=1S/C8H14O.C5H10O2.H2/c1-2-6-3-4-7-8(5-6)9-7;1-2-6-3-5-4-7-5;/h6-8H,2-5H2,1H3;5H,2-4H2,1H3;1H. The van der Waals surface area contributed by atoms with Gasteiger partial charge in [0.25, 0.3) is 0 Å². The molecule has 96 valence electrons. The predicted molar refractivity (Wildman–Crippen MR) is 64.6 cm³/mol. The molecule has 4 atom stereocenters. The number of epoxide rings is 2. The summed E-state index contributed by atoms with van der Waals surface area (Å²) in [5, 5.41) is 0. The van der Waals surface area contributed by atoms with Crippen molar-refractivity contribution < 1.29 is 15.6 Å². The van der Waals surface area contributed by atoms with Gasteiger partial charge in [-0.25, -0.2) is 0 Å². The Morgan fingerprint density at radius 1 is 1.25 bits per heavy atom. The highest BCUT2D eigenvalue weighted by Gasteiger charge is 2.43. The van der Waals surface area contributed by atoms with Gasteiger partial charge in [-0.05, 0) is 32.1 Å². The molecule has 3 aliphatic rings. The molecule has 0 aromatic carbocycles. The summed E-state index contributed by atoms with van der Waals surface area (Å²) in [5.74, 6) is 0.980. The average Bonchev–Trinajstić information content (AvgIpc) is 3.19. The van der Waals surface area contributed by atoms with E-state index in [9.17, 15) is 0 Å². The lowest BCUT2D eigenvalue weighted by atomic mass is 9.88. The summed E-state index contributed by atoms with van der Waals surface area (Å²) in [7, 11) is 0. The van der Waals surface area contributed by atoms with Crippen LogP contribution in [0.3, 0.4) is 0 Å². The maximum Gasteiger partial charge on any atom is 0.104 e. The van der Waals surface area contributed by atoms with Gasteiger partial charge in [0.15, 0.2) is 0 Å². The van der Waals surface area contributed by atoms with Gasteiger partial charge >= 0.3 is 0 Å². The van der Waals surface area contributed by atoms with Gasteiger partial charge in [0.1, 0.15) is 6.10 Å². The van der Waals surface area contributed by atoms with E-state index >= 15 is 0 Å². The molecule has 0 radical (unpaired) electrons. The second kappa shape index (κ2) is 5.99. The van der Waals surface area contributed by atoms with Crippen LogP contribution in [0.5, 0.6) is 0 Å². The predicted octanol–water partition coefficient (Wildman–Crippen LogP) is 2.63. The number of hydrogen-bond donors (Lipinski definition) is 0. The van der Waals surface area contributed by atoms with Gasteiger partial charge in [-0.2, -0.15) is 0 Å². The van der Waals surface area contributed by atoms with E-state index in [1.54, 1.807) is 0 Å². The Morgan fingerprint density at radius 3 is 2.62 bits per heavy atom. The van der Waals surface area contributed by atoms with E-state index in [0.717, 1.165) is 25.7 Å². The van der Waals surface area contributed by atoms with Crippen LogP contribution in [0, 0.1) is 5.92 Å². The summed E-state index contributed by atoms with van der Waals surface area (Å²) in [4.78, 5) is 0. The first-order valence-corrected chi connectivity index (χ1v) is 6.68. The average molecular weight is 230 g/mol. The van der Waals surface area contributed by atoms with Crippen molar-refractivity contribution in [3.05, 3.63) is 0 Å². The molecule has 2 saturated heterocycles. The molecule has 0 bridgehead atoms. The molecule has 0 spiro atoms. The molecule has 0 N–H and O–H groups in total. The normalized spacial score (nSPS) is 39.4.